The SMILES string of the molecule is COc1ccc(C(=O)C2CCCN2S(=O)(=O)c2ccc(C)cc2)cc1. The Kier molecular flexibility index (Phi) is 4.92. The fourth-order valence-corrected chi connectivity index (χ4v) is 4.74. The largest absolute Gasteiger partial charge is 0.497 e. The first kappa shape index (κ1) is 17.6. The van der Waals surface area contributed by atoms with E-state index in [0.29, 0.717) is 30.7 Å². The minimum absolute atomic E-state index is 0.171. The zero-order valence-electron chi connectivity index (χ0n) is 14.3. The Morgan fingerprint density at radius 1 is 1.08 bits per heavy atom. The van der Waals surface area contributed by atoms with Gasteiger partial charge < -0.3 is 4.74 Å². The zero-order valence-corrected chi connectivity index (χ0v) is 15.1. The van der Waals surface area contributed by atoms with Crippen molar-refractivity contribution in [3.8, 4) is 5.75 Å². The van der Waals surface area contributed by atoms with Crippen LogP contribution in [0.15, 0.2) is 53.4 Å². The normalized spacial score (nSPS) is 18.2. The first-order valence-electron chi connectivity index (χ1n) is 8.20. The standard InChI is InChI=1S/C19H21NO4S/c1-14-5-11-17(12-6-14)25(22,23)20-13-3-4-18(20)19(21)15-7-9-16(24-2)10-8-15/h5-12,18H,3-4,13H2,1-2H3. The molecule has 1 unspecified atom stereocenters. The van der Waals surface area contributed by atoms with E-state index in [4.69, 9.17) is 4.74 Å². The number of benzene rings is 2. The Bertz CT molecular complexity index is 857. The molecule has 1 heterocycles. The molecule has 2 aromatic rings. The Morgan fingerprint density at radius 2 is 1.72 bits per heavy atom. The summed E-state index contributed by atoms with van der Waals surface area (Å²) in [5, 5.41) is 0. The van der Waals surface area contributed by atoms with Crippen molar-refractivity contribution in [2.24, 2.45) is 0 Å². The average molecular weight is 359 g/mol. The van der Waals surface area contributed by atoms with Crippen molar-refractivity contribution < 1.29 is 17.9 Å². The number of hydrogen-bond donors (Lipinski definition) is 0. The van der Waals surface area contributed by atoms with Gasteiger partial charge in [-0.25, -0.2) is 8.42 Å². The van der Waals surface area contributed by atoms with Crippen LogP contribution in [-0.4, -0.2) is 38.2 Å². The lowest BCUT2D eigenvalue weighted by Gasteiger charge is -2.23. The number of rotatable bonds is 5. The van der Waals surface area contributed by atoms with Gasteiger partial charge >= 0.3 is 0 Å². The number of hydrogen-bond acceptors (Lipinski definition) is 4. The van der Waals surface area contributed by atoms with Crippen molar-refractivity contribution in [1.82, 2.24) is 4.31 Å². The summed E-state index contributed by atoms with van der Waals surface area (Å²) in [5.41, 5.74) is 1.49. The summed E-state index contributed by atoms with van der Waals surface area (Å²) >= 11 is 0. The van der Waals surface area contributed by atoms with E-state index in [0.717, 1.165) is 5.56 Å². The molecule has 1 atom stereocenters. The molecule has 3 rings (SSSR count). The minimum Gasteiger partial charge on any atom is -0.497 e. The van der Waals surface area contributed by atoms with Crippen molar-refractivity contribution in [2.45, 2.75) is 30.7 Å². The number of nitrogens with zero attached hydrogens (tertiary/aromatic N) is 1. The smallest absolute Gasteiger partial charge is 0.243 e. The summed E-state index contributed by atoms with van der Waals surface area (Å²) in [5.74, 6) is 0.489. The van der Waals surface area contributed by atoms with Crippen LogP contribution in [0.1, 0.15) is 28.8 Å². The van der Waals surface area contributed by atoms with Gasteiger partial charge in [0.2, 0.25) is 10.0 Å². The first-order valence-corrected chi connectivity index (χ1v) is 9.64. The maximum atomic E-state index is 12.9. The van der Waals surface area contributed by atoms with E-state index in [1.807, 2.05) is 6.92 Å². The van der Waals surface area contributed by atoms with E-state index in [2.05, 4.69) is 0 Å². The lowest BCUT2D eigenvalue weighted by Crippen LogP contribution is -2.40. The lowest BCUT2D eigenvalue weighted by molar-refractivity contribution is 0.0918. The van der Waals surface area contributed by atoms with E-state index in [-0.39, 0.29) is 10.7 Å². The zero-order chi connectivity index (χ0) is 18.0. The third-order valence-corrected chi connectivity index (χ3v) is 6.43. The van der Waals surface area contributed by atoms with E-state index in [9.17, 15) is 13.2 Å². The van der Waals surface area contributed by atoms with Gasteiger partial charge in [0.1, 0.15) is 5.75 Å². The monoisotopic (exact) mass is 359 g/mol. The van der Waals surface area contributed by atoms with Crippen molar-refractivity contribution >= 4 is 15.8 Å². The molecule has 132 valence electrons. The van der Waals surface area contributed by atoms with Gasteiger partial charge in [0.15, 0.2) is 5.78 Å². The van der Waals surface area contributed by atoms with Crippen LogP contribution in [0.25, 0.3) is 0 Å². The number of Topliss-reactive ketones (excluding diaryl/α,β-unsaturated/α-hetero) is 1. The Hall–Kier alpha value is -2.18. The first-order chi connectivity index (χ1) is 11.9. The summed E-state index contributed by atoms with van der Waals surface area (Å²) in [4.78, 5) is 13.1. The molecular formula is C19H21NO4S. The fraction of sp³-hybridized carbons (Fsp3) is 0.316. The minimum atomic E-state index is -3.68. The fourth-order valence-electron chi connectivity index (χ4n) is 3.08. The van der Waals surface area contributed by atoms with Gasteiger partial charge in [0.25, 0.3) is 0 Å². The molecule has 25 heavy (non-hydrogen) atoms. The average Bonchev–Trinajstić information content (AvgIpc) is 3.12. The molecule has 1 fully saturated rings. The molecule has 0 spiro atoms. The summed E-state index contributed by atoms with van der Waals surface area (Å²) < 4.78 is 32.3. The number of methoxy groups -OCH3 is 1. The van der Waals surface area contributed by atoms with Crippen molar-refractivity contribution in [1.29, 1.82) is 0 Å². The highest BCUT2D eigenvalue weighted by molar-refractivity contribution is 7.89. The van der Waals surface area contributed by atoms with Gasteiger partial charge in [-0.05, 0) is 56.2 Å². The molecule has 1 aliphatic rings. The molecule has 0 radical (unpaired) electrons. The van der Waals surface area contributed by atoms with E-state index in [1.165, 1.54) is 4.31 Å². The molecule has 0 aliphatic carbocycles. The molecule has 2 aromatic carbocycles. The molecule has 0 saturated carbocycles. The molecule has 0 aromatic heterocycles. The Morgan fingerprint density at radius 3 is 2.32 bits per heavy atom. The maximum absolute atomic E-state index is 12.9. The third-order valence-electron chi connectivity index (χ3n) is 4.51. The van der Waals surface area contributed by atoms with Crippen LogP contribution in [0, 0.1) is 6.92 Å². The van der Waals surface area contributed by atoms with Gasteiger partial charge in [0, 0.05) is 12.1 Å². The molecule has 6 heteroatoms. The van der Waals surface area contributed by atoms with Crippen LogP contribution in [0.5, 0.6) is 5.75 Å². The van der Waals surface area contributed by atoms with Crippen LogP contribution in [-0.2, 0) is 10.0 Å². The molecule has 0 bridgehead atoms. The number of carbonyl (C=O) groups is 1. The van der Waals surface area contributed by atoms with E-state index < -0.39 is 16.1 Å². The maximum Gasteiger partial charge on any atom is 0.243 e. The lowest BCUT2D eigenvalue weighted by atomic mass is 10.0. The quantitative estimate of drug-likeness (QED) is 0.770. The van der Waals surface area contributed by atoms with Crippen LogP contribution < -0.4 is 4.74 Å². The Balaban J connectivity index is 1.88. The summed E-state index contributed by atoms with van der Waals surface area (Å²) in [6.45, 7) is 2.27. The van der Waals surface area contributed by atoms with Crippen LogP contribution >= 0.6 is 0 Å². The van der Waals surface area contributed by atoms with Crippen molar-refractivity contribution in [3.63, 3.8) is 0 Å². The third kappa shape index (κ3) is 3.45. The number of carbonyl (C=O) groups excluding carboxylic acids is 1. The number of sulfonamides is 1. The highest BCUT2D eigenvalue weighted by Crippen LogP contribution is 2.28. The molecular weight excluding hydrogens is 338 g/mol. The predicted octanol–water partition coefficient (Wildman–Crippen LogP) is 3.04. The van der Waals surface area contributed by atoms with Gasteiger partial charge in [-0.1, -0.05) is 17.7 Å². The number of ketones is 1. The Labute approximate surface area is 148 Å². The second kappa shape index (κ2) is 6.98. The number of ether oxygens (including phenoxy) is 1. The highest BCUT2D eigenvalue weighted by Gasteiger charge is 2.39. The van der Waals surface area contributed by atoms with Gasteiger partial charge in [-0.3, -0.25) is 4.79 Å². The second-order valence-electron chi connectivity index (χ2n) is 6.18. The van der Waals surface area contributed by atoms with Gasteiger partial charge in [-0.2, -0.15) is 4.31 Å². The van der Waals surface area contributed by atoms with Crippen LogP contribution in [0.4, 0.5) is 0 Å². The summed E-state index contributed by atoms with van der Waals surface area (Å²) in [6, 6.07) is 12.8. The summed E-state index contributed by atoms with van der Waals surface area (Å²) in [7, 11) is -2.12. The van der Waals surface area contributed by atoms with Gasteiger partial charge in [0.05, 0.1) is 18.0 Å². The molecule has 0 N–H and O–H groups in total. The molecule has 1 saturated heterocycles. The second-order valence-corrected chi connectivity index (χ2v) is 8.07. The van der Waals surface area contributed by atoms with Crippen LogP contribution in [0.2, 0.25) is 0 Å². The molecule has 0 amide bonds. The van der Waals surface area contributed by atoms with E-state index in [1.54, 1.807) is 55.6 Å². The molecule has 5 nitrogen and oxygen atoms in total. The van der Waals surface area contributed by atoms with E-state index >= 15 is 0 Å². The van der Waals surface area contributed by atoms with Gasteiger partial charge in [-0.15, -0.1) is 0 Å². The van der Waals surface area contributed by atoms with Crippen molar-refractivity contribution in [3.05, 3.63) is 59.7 Å². The predicted molar refractivity (Wildman–Crippen MR) is 95.4 cm³/mol. The topological polar surface area (TPSA) is 63.7 Å². The molecule has 1 aliphatic heterocycles. The van der Waals surface area contributed by atoms with Crippen LogP contribution in [0.3, 0.4) is 0 Å². The summed E-state index contributed by atoms with van der Waals surface area (Å²) in [6.07, 6.45) is 1.22. The van der Waals surface area contributed by atoms with Crippen molar-refractivity contribution in [2.75, 3.05) is 13.7 Å². The highest BCUT2D eigenvalue weighted by atomic mass is 32.2. The number of aryl methyl sites for hydroxylation is 1.